The van der Waals surface area contributed by atoms with Gasteiger partial charge < -0.3 is 21.4 Å². The van der Waals surface area contributed by atoms with E-state index in [0.29, 0.717) is 24.6 Å². The van der Waals surface area contributed by atoms with Gasteiger partial charge in [-0.25, -0.2) is 4.99 Å². The van der Waals surface area contributed by atoms with Crippen LogP contribution in [0.1, 0.15) is 29.0 Å². The maximum atomic E-state index is 6.71. The Morgan fingerprint density at radius 3 is 2.17 bits per heavy atom. The van der Waals surface area contributed by atoms with Crippen molar-refractivity contribution in [2.45, 2.75) is 18.4 Å². The molecule has 6 nitrogen and oxygen atoms in total. The van der Waals surface area contributed by atoms with Crippen molar-refractivity contribution < 1.29 is 0 Å². The minimum Gasteiger partial charge on any atom is -0.383 e. The van der Waals surface area contributed by atoms with Gasteiger partial charge in [-0.3, -0.25) is 4.99 Å². The quantitative estimate of drug-likeness (QED) is 0.0551. The summed E-state index contributed by atoms with van der Waals surface area (Å²) in [5, 5.41) is 6.13. The third kappa shape index (κ3) is 7.33. The lowest BCUT2D eigenvalue weighted by Crippen LogP contribution is -2.26. The highest BCUT2D eigenvalue weighted by molar-refractivity contribution is 6.15. The maximum Gasteiger partial charge on any atom is 0.157 e. The van der Waals surface area contributed by atoms with Gasteiger partial charge in [0.25, 0.3) is 0 Å². The molecule has 6 aromatic rings. The van der Waals surface area contributed by atoms with Gasteiger partial charge in [-0.1, -0.05) is 152 Å². The number of anilines is 2. The van der Waals surface area contributed by atoms with Gasteiger partial charge >= 0.3 is 0 Å². The SMILES string of the molecule is C=C/C=C(\C=C/CCN=C(N=C(N)c1ccccc1)c1ccccc1)n1c2ccccc2c2ccc(C3C=CC=CC3N)c(Nc3ccccc3)c21. The fourth-order valence-corrected chi connectivity index (χ4v) is 6.69. The second kappa shape index (κ2) is 16.0. The van der Waals surface area contributed by atoms with E-state index >= 15 is 0 Å². The van der Waals surface area contributed by atoms with E-state index in [9.17, 15) is 0 Å². The molecule has 0 amide bonds. The minimum atomic E-state index is -0.145. The van der Waals surface area contributed by atoms with E-state index in [0.717, 1.165) is 55.6 Å². The average Bonchev–Trinajstić information content (AvgIpc) is 3.53. The molecule has 0 fully saturated rings. The summed E-state index contributed by atoms with van der Waals surface area (Å²) in [6.45, 7) is 4.63. The number of fused-ring (bicyclic) bond motifs is 3. The maximum absolute atomic E-state index is 6.71. The molecule has 52 heavy (non-hydrogen) atoms. The standard InChI is InChI=1S/C46H42N6/c1-2-18-36(25-16-17-32-49-46(34-21-8-4-9-22-34)51-45(48)33-19-6-3-7-20-33)52-42-29-15-13-27-38(42)40-31-30-39(37-26-12-14-28-41(37)47)43(44(40)52)50-35-23-10-5-11-24-35/h2-16,18-31,37,41,50H,1,17,32,47H2,(H2,48,49,51)/b25-16-,36-18+. The molecular formula is C46H42N6. The van der Waals surface area contributed by atoms with E-state index in [1.165, 1.54) is 0 Å². The van der Waals surface area contributed by atoms with E-state index in [2.05, 4.69) is 101 Å². The average molecular weight is 679 g/mol. The molecule has 0 aliphatic heterocycles. The first-order chi connectivity index (χ1) is 25.6. The normalized spacial score (nSPS) is 16.6. The first kappa shape index (κ1) is 34.0. The Kier molecular flexibility index (Phi) is 10.5. The molecule has 2 unspecified atom stereocenters. The molecule has 0 bridgehead atoms. The molecule has 1 aliphatic carbocycles. The predicted octanol–water partition coefficient (Wildman–Crippen LogP) is 9.90. The summed E-state index contributed by atoms with van der Waals surface area (Å²) in [6.07, 6.45) is 17.3. The predicted molar refractivity (Wildman–Crippen MR) is 221 cm³/mol. The number of hydrogen-bond acceptors (Lipinski definition) is 3. The molecule has 0 saturated carbocycles. The molecule has 0 radical (unpaired) electrons. The Bertz CT molecular complexity index is 2360. The lowest BCUT2D eigenvalue weighted by molar-refractivity contribution is 0.715. The number of benzene rings is 5. The summed E-state index contributed by atoms with van der Waals surface area (Å²) >= 11 is 0. The number of para-hydroxylation sites is 2. The van der Waals surface area contributed by atoms with Crippen molar-refractivity contribution in [3.8, 4) is 0 Å². The smallest absolute Gasteiger partial charge is 0.157 e. The van der Waals surface area contributed by atoms with E-state index in [4.69, 9.17) is 21.5 Å². The van der Waals surface area contributed by atoms with Crippen molar-refractivity contribution in [1.29, 1.82) is 0 Å². The van der Waals surface area contributed by atoms with Gasteiger partial charge in [-0.05, 0) is 42.3 Å². The van der Waals surface area contributed by atoms with E-state index < -0.39 is 0 Å². The first-order valence-corrected chi connectivity index (χ1v) is 17.6. The number of nitrogens with two attached hydrogens (primary N) is 2. The Morgan fingerprint density at radius 1 is 0.769 bits per heavy atom. The Hall–Kier alpha value is -6.50. The molecule has 0 spiro atoms. The van der Waals surface area contributed by atoms with Crippen LogP contribution < -0.4 is 16.8 Å². The number of aliphatic imine (C=N–C) groups is 2. The van der Waals surface area contributed by atoms with Gasteiger partial charge in [0, 0.05) is 51.8 Å². The van der Waals surface area contributed by atoms with Crippen molar-refractivity contribution in [2.24, 2.45) is 21.5 Å². The third-order valence-corrected chi connectivity index (χ3v) is 9.17. The van der Waals surface area contributed by atoms with Crippen LogP contribution in [0.3, 0.4) is 0 Å². The number of allylic oxidation sites excluding steroid dienone is 6. The molecule has 1 aliphatic rings. The number of amidine groups is 2. The zero-order chi connectivity index (χ0) is 35.7. The van der Waals surface area contributed by atoms with Gasteiger partial charge in [-0.2, -0.15) is 0 Å². The van der Waals surface area contributed by atoms with E-state index in [1.54, 1.807) is 0 Å². The van der Waals surface area contributed by atoms with Crippen LogP contribution in [0.2, 0.25) is 0 Å². The number of aromatic nitrogens is 1. The van der Waals surface area contributed by atoms with Gasteiger partial charge in [0.15, 0.2) is 5.84 Å². The number of nitrogens with one attached hydrogen (secondary N) is 1. The zero-order valence-corrected chi connectivity index (χ0v) is 29.0. The fourth-order valence-electron chi connectivity index (χ4n) is 6.69. The topological polar surface area (TPSA) is 93.7 Å². The summed E-state index contributed by atoms with van der Waals surface area (Å²) in [7, 11) is 0. The largest absolute Gasteiger partial charge is 0.383 e. The number of rotatable bonds is 11. The van der Waals surface area contributed by atoms with Crippen LogP contribution in [0.5, 0.6) is 0 Å². The van der Waals surface area contributed by atoms with Gasteiger partial charge in [-0.15, -0.1) is 0 Å². The Morgan fingerprint density at radius 2 is 1.44 bits per heavy atom. The van der Waals surface area contributed by atoms with E-state index in [-0.39, 0.29) is 12.0 Å². The summed E-state index contributed by atoms with van der Waals surface area (Å²) in [4.78, 5) is 9.66. The third-order valence-electron chi connectivity index (χ3n) is 9.17. The molecule has 1 aromatic heterocycles. The van der Waals surface area contributed by atoms with Crippen molar-refractivity contribution in [3.05, 3.63) is 199 Å². The molecule has 6 heteroatoms. The van der Waals surface area contributed by atoms with Crippen LogP contribution in [0.15, 0.2) is 193 Å². The molecule has 5 aromatic carbocycles. The molecule has 5 N–H and O–H groups in total. The first-order valence-electron chi connectivity index (χ1n) is 17.6. The second-order valence-corrected chi connectivity index (χ2v) is 12.6. The van der Waals surface area contributed by atoms with Crippen molar-refractivity contribution in [3.63, 3.8) is 0 Å². The molecule has 0 saturated heterocycles. The molecular weight excluding hydrogens is 637 g/mol. The highest BCUT2D eigenvalue weighted by Crippen LogP contribution is 2.42. The van der Waals surface area contributed by atoms with Crippen LogP contribution >= 0.6 is 0 Å². The lowest BCUT2D eigenvalue weighted by Gasteiger charge is -2.25. The zero-order valence-electron chi connectivity index (χ0n) is 29.0. The monoisotopic (exact) mass is 678 g/mol. The van der Waals surface area contributed by atoms with Crippen molar-refractivity contribution >= 4 is 50.5 Å². The summed E-state index contributed by atoms with van der Waals surface area (Å²) in [5.74, 6) is 1.04. The Balaban J connectivity index is 1.28. The lowest BCUT2D eigenvalue weighted by atomic mass is 9.86. The van der Waals surface area contributed by atoms with Crippen LogP contribution in [-0.2, 0) is 0 Å². The van der Waals surface area contributed by atoms with Crippen LogP contribution in [0.4, 0.5) is 11.4 Å². The summed E-state index contributed by atoms with van der Waals surface area (Å²) in [5.41, 5.74) is 21.2. The van der Waals surface area contributed by atoms with Crippen molar-refractivity contribution in [2.75, 3.05) is 11.9 Å². The molecule has 1 heterocycles. The number of nitrogens with zero attached hydrogens (tertiary/aromatic N) is 3. The highest BCUT2D eigenvalue weighted by atomic mass is 15.0. The van der Waals surface area contributed by atoms with E-state index in [1.807, 2.05) is 91.0 Å². The Labute approximate surface area is 305 Å². The van der Waals surface area contributed by atoms with Gasteiger partial charge in [0.2, 0.25) is 0 Å². The molecule has 7 rings (SSSR count). The van der Waals surface area contributed by atoms with Crippen LogP contribution in [-0.4, -0.2) is 28.8 Å². The van der Waals surface area contributed by atoms with Crippen molar-refractivity contribution in [1.82, 2.24) is 4.57 Å². The van der Waals surface area contributed by atoms with Gasteiger partial charge in [0.05, 0.1) is 16.7 Å². The van der Waals surface area contributed by atoms with Gasteiger partial charge in [0.1, 0.15) is 5.84 Å². The number of hydrogen-bond donors (Lipinski definition) is 3. The summed E-state index contributed by atoms with van der Waals surface area (Å²) in [6, 6.07) is 42.9. The highest BCUT2D eigenvalue weighted by Gasteiger charge is 2.25. The van der Waals surface area contributed by atoms with Crippen LogP contribution in [0.25, 0.3) is 27.5 Å². The molecule has 2 atom stereocenters. The second-order valence-electron chi connectivity index (χ2n) is 12.6. The van der Waals surface area contributed by atoms with Crippen LogP contribution in [0, 0.1) is 0 Å². The minimum absolute atomic E-state index is 0.00436. The molecule has 256 valence electrons. The fraction of sp³-hybridized carbons (Fsp3) is 0.0870. The summed E-state index contributed by atoms with van der Waals surface area (Å²) < 4.78 is 2.33.